The summed E-state index contributed by atoms with van der Waals surface area (Å²) in [7, 11) is 1.30. The maximum absolute atomic E-state index is 14.0. The number of amides is 1. The lowest BCUT2D eigenvalue weighted by molar-refractivity contribution is -0.159. The third-order valence-corrected chi connectivity index (χ3v) is 5.64. The maximum Gasteiger partial charge on any atom is 0.350 e. The molecule has 2 aromatic carbocycles. The van der Waals surface area contributed by atoms with Gasteiger partial charge in [-0.3, -0.25) is 4.79 Å². The molecule has 0 unspecified atom stereocenters. The van der Waals surface area contributed by atoms with Crippen molar-refractivity contribution >= 4 is 52.4 Å². The summed E-state index contributed by atoms with van der Waals surface area (Å²) in [5.74, 6) is -1.21. The van der Waals surface area contributed by atoms with Crippen LogP contribution >= 0.6 is 23.2 Å². The van der Waals surface area contributed by atoms with Crippen molar-refractivity contribution in [1.29, 1.82) is 0 Å². The Morgan fingerprint density at radius 3 is 2.53 bits per heavy atom. The van der Waals surface area contributed by atoms with Crippen LogP contribution in [0.1, 0.15) is 37.8 Å². The first-order valence-corrected chi connectivity index (χ1v) is 10.1. The molecule has 0 bridgehead atoms. The predicted octanol–water partition coefficient (Wildman–Crippen LogP) is 5.74. The van der Waals surface area contributed by atoms with Gasteiger partial charge in [0.15, 0.2) is 0 Å². The van der Waals surface area contributed by atoms with Gasteiger partial charge in [0.2, 0.25) is 5.60 Å². The first-order chi connectivity index (χ1) is 14.2. The molecule has 0 saturated carbocycles. The number of carbonyl (C=O) groups is 2. The van der Waals surface area contributed by atoms with Crippen molar-refractivity contribution in [3.05, 3.63) is 57.3 Å². The third kappa shape index (κ3) is 4.02. The Bertz CT molecular complexity index is 1050. The van der Waals surface area contributed by atoms with Crippen LogP contribution in [0.3, 0.4) is 0 Å². The summed E-state index contributed by atoms with van der Waals surface area (Å²) in [6.07, 6.45) is 2.30. The minimum Gasteiger partial charge on any atom is -0.475 e. The molecule has 1 aliphatic rings. The molecule has 158 valence electrons. The molecule has 0 atom stereocenters. The van der Waals surface area contributed by atoms with Crippen LogP contribution in [-0.2, 0) is 14.3 Å². The van der Waals surface area contributed by atoms with Crippen LogP contribution in [0.15, 0.2) is 30.3 Å². The molecule has 2 aromatic rings. The quantitative estimate of drug-likeness (QED) is 0.449. The van der Waals surface area contributed by atoms with E-state index in [0.717, 1.165) is 0 Å². The van der Waals surface area contributed by atoms with Gasteiger partial charge in [0.1, 0.15) is 11.6 Å². The summed E-state index contributed by atoms with van der Waals surface area (Å²) in [6, 6.07) is 7.40. The Labute approximate surface area is 183 Å². The van der Waals surface area contributed by atoms with Gasteiger partial charge < -0.3 is 14.8 Å². The van der Waals surface area contributed by atoms with Crippen LogP contribution in [0.2, 0.25) is 10.0 Å². The molecule has 1 aliphatic heterocycles. The number of esters is 1. The number of ether oxygens (including phenoxy) is 2. The highest BCUT2D eigenvalue weighted by molar-refractivity contribution is 6.37. The van der Waals surface area contributed by atoms with Crippen LogP contribution in [0.25, 0.3) is 11.6 Å². The summed E-state index contributed by atoms with van der Waals surface area (Å²) in [5.41, 5.74) is 0.285. The van der Waals surface area contributed by atoms with Crippen LogP contribution in [0.4, 0.5) is 10.1 Å². The molecular weight excluding hydrogens is 432 g/mol. The van der Waals surface area contributed by atoms with Gasteiger partial charge in [0, 0.05) is 21.7 Å². The number of hydrogen-bond donors (Lipinski definition) is 1. The number of nitrogens with one attached hydrogen (secondary N) is 1. The maximum atomic E-state index is 14.0. The smallest absolute Gasteiger partial charge is 0.350 e. The van der Waals surface area contributed by atoms with Crippen LogP contribution < -0.4 is 10.1 Å². The van der Waals surface area contributed by atoms with E-state index in [1.165, 1.54) is 19.2 Å². The number of hydrogen-bond acceptors (Lipinski definition) is 4. The highest BCUT2D eigenvalue weighted by atomic mass is 35.5. The van der Waals surface area contributed by atoms with Gasteiger partial charge in [-0.1, -0.05) is 37.0 Å². The number of benzene rings is 2. The average Bonchev–Trinajstić information content (AvgIpc) is 3.02. The Kier molecular flexibility index (Phi) is 6.38. The van der Waals surface area contributed by atoms with E-state index in [1.54, 1.807) is 24.3 Å². The topological polar surface area (TPSA) is 64.6 Å². The largest absolute Gasteiger partial charge is 0.475 e. The Hall–Kier alpha value is -2.57. The van der Waals surface area contributed by atoms with E-state index >= 15 is 0 Å². The van der Waals surface area contributed by atoms with E-state index < -0.39 is 23.3 Å². The summed E-state index contributed by atoms with van der Waals surface area (Å²) in [5, 5.41) is 2.98. The average molecular weight is 452 g/mol. The summed E-state index contributed by atoms with van der Waals surface area (Å²) < 4.78 is 25.0. The van der Waals surface area contributed by atoms with Gasteiger partial charge in [-0.05, 0) is 49.2 Å². The molecule has 0 saturated heterocycles. The lowest BCUT2D eigenvalue weighted by atomic mass is 9.96. The van der Waals surface area contributed by atoms with Gasteiger partial charge in [-0.25, -0.2) is 9.18 Å². The van der Waals surface area contributed by atoms with Crippen molar-refractivity contribution in [3.8, 4) is 5.75 Å². The number of anilines is 1. The molecule has 1 N–H and O–H groups in total. The minimum atomic E-state index is -1.19. The van der Waals surface area contributed by atoms with E-state index in [0.29, 0.717) is 40.4 Å². The molecule has 30 heavy (non-hydrogen) atoms. The first-order valence-electron chi connectivity index (χ1n) is 9.34. The Morgan fingerprint density at radius 2 is 1.90 bits per heavy atom. The molecule has 0 aliphatic carbocycles. The van der Waals surface area contributed by atoms with E-state index in [-0.39, 0.29) is 10.6 Å². The SMILES string of the molecule is CCC(CC)(Oc1ccc(Cl)cc1C=C1C(=O)Nc2cc(Cl)c(F)cc21)C(=O)OC. The van der Waals surface area contributed by atoms with E-state index in [1.807, 2.05) is 13.8 Å². The third-order valence-electron chi connectivity index (χ3n) is 5.12. The fraction of sp³-hybridized carbons (Fsp3) is 0.273. The molecular formula is C22H20Cl2FNO4. The number of fused-ring (bicyclic) bond motifs is 1. The molecule has 0 radical (unpaired) electrons. The highest BCUT2D eigenvalue weighted by Gasteiger charge is 2.39. The molecule has 8 heteroatoms. The summed E-state index contributed by atoms with van der Waals surface area (Å²) in [6.45, 7) is 3.64. The second-order valence-corrected chi connectivity index (χ2v) is 7.64. The normalized spacial score (nSPS) is 14.5. The van der Waals surface area contributed by atoms with Crippen molar-refractivity contribution in [3.63, 3.8) is 0 Å². The minimum absolute atomic E-state index is 0.0872. The molecule has 1 heterocycles. The van der Waals surface area contributed by atoms with E-state index in [9.17, 15) is 14.0 Å². The van der Waals surface area contributed by atoms with Crippen molar-refractivity contribution in [2.75, 3.05) is 12.4 Å². The monoisotopic (exact) mass is 451 g/mol. The van der Waals surface area contributed by atoms with Gasteiger partial charge in [0.05, 0.1) is 17.8 Å². The number of carbonyl (C=O) groups excluding carboxylic acids is 2. The Morgan fingerprint density at radius 1 is 1.20 bits per heavy atom. The Balaban J connectivity index is 2.11. The van der Waals surface area contributed by atoms with Crippen molar-refractivity contribution in [2.24, 2.45) is 0 Å². The van der Waals surface area contributed by atoms with E-state index in [2.05, 4.69) is 5.32 Å². The molecule has 0 aromatic heterocycles. The first kappa shape index (κ1) is 22.1. The fourth-order valence-corrected chi connectivity index (χ4v) is 3.67. The zero-order chi connectivity index (χ0) is 22.1. The zero-order valence-corrected chi connectivity index (χ0v) is 18.2. The van der Waals surface area contributed by atoms with Crippen LogP contribution in [0.5, 0.6) is 5.75 Å². The number of rotatable bonds is 6. The number of halogens is 3. The van der Waals surface area contributed by atoms with Gasteiger partial charge in [0.25, 0.3) is 5.91 Å². The molecule has 0 fully saturated rings. The summed E-state index contributed by atoms with van der Waals surface area (Å²) in [4.78, 5) is 24.9. The number of methoxy groups -OCH3 is 1. The van der Waals surface area contributed by atoms with Crippen LogP contribution in [0, 0.1) is 5.82 Å². The molecule has 1 amide bonds. The standard InChI is InChI=1S/C22H20Cl2FNO4/c1-4-22(5-2,21(28)29-3)30-19-7-6-13(23)8-12(19)9-15-14-10-17(25)16(24)11-18(14)26-20(15)27/h6-11H,4-5H2,1-3H3,(H,26,27). The van der Waals surface area contributed by atoms with Crippen LogP contribution in [-0.4, -0.2) is 24.6 Å². The van der Waals surface area contributed by atoms with Crippen molar-refractivity contribution in [2.45, 2.75) is 32.3 Å². The highest BCUT2D eigenvalue weighted by Crippen LogP contribution is 2.39. The molecule has 5 nitrogen and oxygen atoms in total. The molecule has 3 rings (SSSR count). The predicted molar refractivity (Wildman–Crippen MR) is 115 cm³/mol. The zero-order valence-electron chi connectivity index (χ0n) is 16.6. The summed E-state index contributed by atoms with van der Waals surface area (Å²) >= 11 is 12.0. The van der Waals surface area contributed by atoms with E-state index in [4.69, 9.17) is 32.7 Å². The van der Waals surface area contributed by atoms with Crippen molar-refractivity contribution < 1.29 is 23.5 Å². The van der Waals surface area contributed by atoms with Crippen molar-refractivity contribution in [1.82, 2.24) is 0 Å². The lowest BCUT2D eigenvalue weighted by Gasteiger charge is -2.30. The second kappa shape index (κ2) is 8.66. The molecule has 0 spiro atoms. The van der Waals surface area contributed by atoms with Gasteiger partial charge in [-0.15, -0.1) is 0 Å². The fourth-order valence-electron chi connectivity index (χ4n) is 3.33. The van der Waals surface area contributed by atoms with Gasteiger partial charge >= 0.3 is 5.97 Å². The second-order valence-electron chi connectivity index (χ2n) is 6.80. The van der Waals surface area contributed by atoms with Gasteiger partial charge in [-0.2, -0.15) is 0 Å². The lowest BCUT2D eigenvalue weighted by Crippen LogP contribution is -2.44.